The molecule has 2 amide bonds. The van der Waals surface area contributed by atoms with Crippen LogP contribution >= 0.6 is 0 Å². The number of anilines is 4. The largest absolute Gasteiger partial charge is 0.497 e. The van der Waals surface area contributed by atoms with Crippen LogP contribution in [-0.2, 0) is 0 Å². The van der Waals surface area contributed by atoms with Crippen molar-refractivity contribution in [3.05, 3.63) is 90.1 Å². The fraction of sp³-hybridized carbons (Fsp3) is 0.273. The molecule has 11 nitrogen and oxygen atoms in total. The molecular weight excluding hydrogens is 598 g/mol. The second-order valence-electron chi connectivity index (χ2n) is 9.99. The molecule has 0 aliphatic carbocycles. The van der Waals surface area contributed by atoms with Crippen LogP contribution in [0.5, 0.6) is 17.4 Å². The Morgan fingerprint density at radius 3 is 2.22 bits per heavy atom. The van der Waals surface area contributed by atoms with E-state index in [0.717, 1.165) is 31.8 Å². The number of halogens is 2. The van der Waals surface area contributed by atoms with Crippen LogP contribution in [0.2, 0.25) is 0 Å². The Hall–Kier alpha value is -5.30. The first-order valence-corrected chi connectivity index (χ1v) is 14.5. The average Bonchev–Trinajstić information content (AvgIpc) is 3.06. The van der Waals surface area contributed by atoms with Gasteiger partial charge < -0.3 is 29.3 Å². The maximum absolute atomic E-state index is 15.0. The number of ether oxygens (including phenoxy) is 3. The monoisotopic (exact) mass is 634 g/mol. The van der Waals surface area contributed by atoms with Crippen LogP contribution in [0, 0.1) is 11.6 Å². The molecule has 1 N–H and O–H groups in total. The van der Waals surface area contributed by atoms with E-state index in [0.29, 0.717) is 28.4 Å². The van der Waals surface area contributed by atoms with E-state index in [9.17, 15) is 18.4 Å². The number of methoxy groups -OCH3 is 2. The quantitative estimate of drug-likeness (QED) is 0.182. The van der Waals surface area contributed by atoms with Gasteiger partial charge in [-0.05, 0) is 61.6 Å². The van der Waals surface area contributed by atoms with E-state index < -0.39 is 23.4 Å². The van der Waals surface area contributed by atoms with Gasteiger partial charge in [-0.15, -0.1) is 0 Å². The molecule has 0 aliphatic heterocycles. The number of carbonyl (C=O) groups is 2. The highest BCUT2D eigenvalue weighted by Crippen LogP contribution is 2.39. The molecule has 13 heteroatoms. The molecule has 0 atom stereocenters. The van der Waals surface area contributed by atoms with Gasteiger partial charge in [0, 0.05) is 49.7 Å². The van der Waals surface area contributed by atoms with Crippen molar-refractivity contribution in [1.82, 2.24) is 19.8 Å². The molecule has 3 aromatic carbocycles. The Bertz CT molecular complexity index is 1630. The van der Waals surface area contributed by atoms with Gasteiger partial charge in [-0.1, -0.05) is 19.9 Å². The Labute approximate surface area is 266 Å². The highest BCUT2D eigenvalue weighted by atomic mass is 19.1. The average molecular weight is 635 g/mol. The first kappa shape index (κ1) is 33.6. The molecule has 0 saturated heterocycles. The first-order chi connectivity index (χ1) is 22.2. The molecular formula is C33H36F2N6O5. The van der Waals surface area contributed by atoms with Gasteiger partial charge in [-0.3, -0.25) is 4.79 Å². The molecule has 4 aromatic rings. The summed E-state index contributed by atoms with van der Waals surface area (Å²) in [4.78, 5) is 39.4. The van der Waals surface area contributed by atoms with Crippen molar-refractivity contribution in [1.29, 1.82) is 0 Å². The SMILES string of the molecule is CCN(CC)CCN(C)C(=O)c1ccc(Nc2nccc(OC(=O)N(c3ccc(OC)cc3OC)c3c(F)cccc3F)n2)cc1. The van der Waals surface area contributed by atoms with E-state index in [-0.39, 0.29) is 29.2 Å². The van der Waals surface area contributed by atoms with Gasteiger partial charge in [0.05, 0.1) is 19.9 Å². The summed E-state index contributed by atoms with van der Waals surface area (Å²) in [7, 11) is 4.56. The van der Waals surface area contributed by atoms with Gasteiger partial charge in [0.15, 0.2) is 0 Å². The van der Waals surface area contributed by atoms with Gasteiger partial charge in [0.2, 0.25) is 11.8 Å². The van der Waals surface area contributed by atoms with Crippen molar-refractivity contribution in [3.63, 3.8) is 0 Å². The summed E-state index contributed by atoms with van der Waals surface area (Å²) in [5.74, 6) is -1.73. The highest BCUT2D eigenvalue weighted by molar-refractivity contribution is 5.99. The van der Waals surface area contributed by atoms with Crippen LogP contribution in [-0.4, -0.2) is 79.2 Å². The number of benzene rings is 3. The van der Waals surface area contributed by atoms with Gasteiger partial charge >= 0.3 is 6.09 Å². The predicted octanol–water partition coefficient (Wildman–Crippen LogP) is 6.27. The lowest BCUT2D eigenvalue weighted by Crippen LogP contribution is -2.36. The molecule has 0 radical (unpaired) electrons. The third kappa shape index (κ3) is 8.04. The molecule has 0 aliphatic rings. The molecule has 0 bridgehead atoms. The van der Waals surface area contributed by atoms with Crippen LogP contribution in [0.1, 0.15) is 24.2 Å². The predicted molar refractivity (Wildman–Crippen MR) is 171 cm³/mol. The number of hydrogen-bond acceptors (Lipinski definition) is 9. The molecule has 0 saturated carbocycles. The third-order valence-corrected chi connectivity index (χ3v) is 7.17. The molecule has 4 rings (SSSR count). The van der Waals surface area contributed by atoms with Crippen LogP contribution in [0.15, 0.2) is 72.9 Å². The summed E-state index contributed by atoms with van der Waals surface area (Å²) in [6, 6.07) is 15.7. The molecule has 0 spiro atoms. The smallest absolute Gasteiger partial charge is 0.426 e. The molecule has 46 heavy (non-hydrogen) atoms. The number of amides is 2. The second-order valence-corrected chi connectivity index (χ2v) is 9.99. The molecule has 1 heterocycles. The van der Waals surface area contributed by atoms with E-state index in [1.165, 1.54) is 50.7 Å². The number of para-hydroxylation sites is 1. The first-order valence-electron chi connectivity index (χ1n) is 14.5. The lowest BCUT2D eigenvalue weighted by atomic mass is 10.2. The van der Waals surface area contributed by atoms with Crippen LogP contribution < -0.4 is 24.4 Å². The van der Waals surface area contributed by atoms with Crippen molar-refractivity contribution in [2.75, 3.05) is 57.7 Å². The summed E-state index contributed by atoms with van der Waals surface area (Å²) >= 11 is 0. The Morgan fingerprint density at radius 1 is 0.891 bits per heavy atom. The topological polar surface area (TPSA) is 109 Å². The fourth-order valence-electron chi connectivity index (χ4n) is 4.56. The number of rotatable bonds is 13. The second kappa shape index (κ2) is 15.6. The van der Waals surface area contributed by atoms with Crippen molar-refractivity contribution in [2.24, 2.45) is 0 Å². The maximum Gasteiger partial charge on any atom is 0.426 e. The zero-order valence-corrected chi connectivity index (χ0v) is 26.3. The summed E-state index contributed by atoms with van der Waals surface area (Å²) < 4.78 is 46.0. The molecule has 242 valence electrons. The van der Waals surface area contributed by atoms with E-state index in [4.69, 9.17) is 14.2 Å². The number of aromatic nitrogens is 2. The van der Waals surface area contributed by atoms with Crippen molar-refractivity contribution in [3.8, 4) is 17.4 Å². The summed E-state index contributed by atoms with van der Waals surface area (Å²) in [6.07, 6.45) is 0.188. The van der Waals surface area contributed by atoms with Gasteiger partial charge in [-0.25, -0.2) is 23.5 Å². The lowest BCUT2D eigenvalue weighted by molar-refractivity contribution is 0.0779. The molecule has 1 aromatic heterocycles. The fourth-order valence-corrected chi connectivity index (χ4v) is 4.56. The number of nitrogens with one attached hydrogen (secondary N) is 1. The zero-order valence-electron chi connectivity index (χ0n) is 26.3. The standard InChI is InChI=1S/C33H36F2N6O5/c1-6-40(7-2)20-19-39(3)31(42)22-11-13-23(14-12-22)37-32-36-18-17-29(38-32)46-33(43)41(30-25(34)9-8-10-26(30)35)27-16-15-24(44-4)21-28(27)45-5/h8-18,21H,6-7,19-20H2,1-5H3,(H,36,37,38). The van der Waals surface area contributed by atoms with Crippen LogP contribution in [0.25, 0.3) is 0 Å². The van der Waals surface area contributed by atoms with E-state index >= 15 is 0 Å². The zero-order chi connectivity index (χ0) is 33.2. The normalized spacial score (nSPS) is 10.8. The van der Waals surface area contributed by atoms with E-state index in [2.05, 4.69) is 34.0 Å². The Morgan fingerprint density at radius 2 is 1.59 bits per heavy atom. The molecule has 0 fully saturated rings. The summed E-state index contributed by atoms with van der Waals surface area (Å²) in [5, 5.41) is 3.00. The number of nitrogens with zero attached hydrogens (tertiary/aromatic N) is 5. The number of carbonyl (C=O) groups excluding carboxylic acids is 2. The highest BCUT2D eigenvalue weighted by Gasteiger charge is 2.30. The maximum atomic E-state index is 15.0. The number of likely N-dealkylation sites (N-methyl/N-ethyl adjacent to an activating group) is 2. The number of hydrogen-bond donors (Lipinski definition) is 1. The Kier molecular flexibility index (Phi) is 11.4. The van der Waals surface area contributed by atoms with Gasteiger partial charge in [0.1, 0.15) is 28.8 Å². The lowest BCUT2D eigenvalue weighted by Gasteiger charge is -2.24. The minimum Gasteiger partial charge on any atom is -0.497 e. The van der Waals surface area contributed by atoms with Crippen molar-refractivity contribution in [2.45, 2.75) is 13.8 Å². The van der Waals surface area contributed by atoms with Crippen molar-refractivity contribution < 1.29 is 32.6 Å². The Balaban J connectivity index is 1.52. The van der Waals surface area contributed by atoms with Crippen molar-refractivity contribution >= 4 is 35.0 Å². The minimum absolute atomic E-state index is 0.00182. The van der Waals surface area contributed by atoms with E-state index in [1.807, 2.05) is 0 Å². The third-order valence-electron chi connectivity index (χ3n) is 7.17. The van der Waals surface area contributed by atoms with Gasteiger partial charge in [-0.2, -0.15) is 4.98 Å². The summed E-state index contributed by atoms with van der Waals surface area (Å²) in [6.45, 7) is 7.40. The molecule has 0 unspecified atom stereocenters. The van der Waals surface area contributed by atoms with Crippen LogP contribution in [0.3, 0.4) is 0 Å². The van der Waals surface area contributed by atoms with E-state index in [1.54, 1.807) is 36.2 Å². The summed E-state index contributed by atoms with van der Waals surface area (Å²) in [5.41, 5.74) is 0.421. The van der Waals surface area contributed by atoms with Gasteiger partial charge in [0.25, 0.3) is 5.91 Å². The van der Waals surface area contributed by atoms with Crippen LogP contribution in [0.4, 0.5) is 36.6 Å². The minimum atomic E-state index is -1.16.